The summed E-state index contributed by atoms with van der Waals surface area (Å²) >= 11 is 0. The molecule has 0 aliphatic heterocycles. The van der Waals surface area contributed by atoms with Crippen LogP contribution in [0.5, 0.6) is 0 Å². The lowest BCUT2D eigenvalue weighted by Gasteiger charge is -2.29. The molecular weight excluding hydrogens is 88.1 g/mol. The molecular formula is C6H9O. The van der Waals surface area contributed by atoms with Crippen molar-refractivity contribution in [3.8, 4) is 0 Å². The Bertz CT molecular complexity index is 86.8. The summed E-state index contributed by atoms with van der Waals surface area (Å²) in [4.78, 5) is 0. The van der Waals surface area contributed by atoms with Crippen LogP contribution in [-0.2, 0) is 5.11 Å². The summed E-state index contributed by atoms with van der Waals surface area (Å²) in [6.07, 6.45) is 4.18. The van der Waals surface area contributed by atoms with E-state index in [-0.39, 0.29) is 0 Å². The molecule has 2 bridgehead atoms. The van der Waals surface area contributed by atoms with Crippen LogP contribution in [0.15, 0.2) is 0 Å². The highest BCUT2D eigenvalue weighted by Crippen LogP contribution is 2.51. The van der Waals surface area contributed by atoms with E-state index in [4.69, 9.17) is 0 Å². The third-order valence-electron chi connectivity index (χ3n) is 2.33. The summed E-state index contributed by atoms with van der Waals surface area (Å²) in [5.74, 6) is 0.845. The molecule has 1 radical (unpaired) electrons. The SMILES string of the molecule is [O]C12CCC(C1)C2. The molecule has 3 aliphatic rings. The van der Waals surface area contributed by atoms with Gasteiger partial charge in [0, 0.05) is 0 Å². The maximum Gasteiger partial charge on any atom is 0.104 e. The summed E-state index contributed by atoms with van der Waals surface area (Å²) in [7, 11) is 0. The van der Waals surface area contributed by atoms with Crippen LogP contribution in [0.2, 0.25) is 0 Å². The van der Waals surface area contributed by atoms with E-state index in [1.165, 1.54) is 6.42 Å². The number of fused-ring (bicyclic) bond motifs is 1. The Morgan fingerprint density at radius 1 is 1.43 bits per heavy atom. The molecule has 0 unspecified atom stereocenters. The standard InChI is InChI=1S/C6H9O/c7-6-2-1-5(3-6)4-6/h5H,1-4H2. The Kier molecular flexibility index (Phi) is 0.487. The molecule has 0 aromatic heterocycles. The summed E-state index contributed by atoms with van der Waals surface area (Å²) in [6.45, 7) is 0. The van der Waals surface area contributed by atoms with Gasteiger partial charge in [0.05, 0.1) is 0 Å². The molecule has 3 fully saturated rings. The molecule has 3 saturated carbocycles. The Morgan fingerprint density at radius 2 is 2.14 bits per heavy atom. The van der Waals surface area contributed by atoms with E-state index in [0.717, 1.165) is 25.2 Å². The summed E-state index contributed by atoms with van der Waals surface area (Å²) < 4.78 is 0. The minimum absolute atomic E-state index is 0.412. The third-order valence-corrected chi connectivity index (χ3v) is 2.33. The van der Waals surface area contributed by atoms with Crippen molar-refractivity contribution in [2.45, 2.75) is 31.3 Å². The fourth-order valence-electron chi connectivity index (χ4n) is 1.87. The maximum absolute atomic E-state index is 11.0. The fraction of sp³-hybridized carbons (Fsp3) is 1.00. The van der Waals surface area contributed by atoms with Gasteiger partial charge >= 0.3 is 0 Å². The first-order valence-electron chi connectivity index (χ1n) is 2.99. The lowest BCUT2D eigenvalue weighted by Crippen LogP contribution is -2.32. The van der Waals surface area contributed by atoms with Crippen molar-refractivity contribution >= 4 is 0 Å². The van der Waals surface area contributed by atoms with Crippen LogP contribution in [-0.4, -0.2) is 5.60 Å². The van der Waals surface area contributed by atoms with E-state index in [0.29, 0.717) is 0 Å². The zero-order valence-corrected chi connectivity index (χ0v) is 4.31. The zero-order valence-electron chi connectivity index (χ0n) is 4.31. The van der Waals surface area contributed by atoms with Crippen molar-refractivity contribution in [3.63, 3.8) is 0 Å². The largest absolute Gasteiger partial charge is 0.229 e. The van der Waals surface area contributed by atoms with E-state index in [1.54, 1.807) is 0 Å². The molecule has 0 aromatic rings. The molecule has 0 heterocycles. The van der Waals surface area contributed by atoms with Crippen molar-refractivity contribution in [3.05, 3.63) is 0 Å². The lowest BCUT2D eigenvalue weighted by molar-refractivity contribution is -0.0792. The van der Waals surface area contributed by atoms with Gasteiger partial charge in [-0.05, 0) is 31.6 Å². The molecule has 0 atom stereocenters. The first kappa shape index (κ1) is 3.90. The Labute approximate surface area is 43.3 Å². The van der Waals surface area contributed by atoms with Gasteiger partial charge in [-0.15, -0.1) is 0 Å². The molecule has 1 nitrogen and oxygen atoms in total. The molecule has 0 N–H and O–H groups in total. The van der Waals surface area contributed by atoms with Crippen LogP contribution >= 0.6 is 0 Å². The van der Waals surface area contributed by atoms with Gasteiger partial charge in [0.25, 0.3) is 0 Å². The van der Waals surface area contributed by atoms with Gasteiger partial charge in [-0.25, -0.2) is 5.11 Å². The quantitative estimate of drug-likeness (QED) is 0.435. The number of rotatable bonds is 0. The van der Waals surface area contributed by atoms with Gasteiger partial charge in [-0.3, -0.25) is 0 Å². The van der Waals surface area contributed by atoms with Crippen molar-refractivity contribution in [1.29, 1.82) is 0 Å². The smallest absolute Gasteiger partial charge is 0.104 e. The Hall–Kier alpha value is -0.0400. The van der Waals surface area contributed by atoms with Gasteiger partial charge in [0.1, 0.15) is 5.60 Å². The van der Waals surface area contributed by atoms with Crippen molar-refractivity contribution in [2.75, 3.05) is 0 Å². The number of hydrogen-bond donors (Lipinski definition) is 0. The van der Waals surface area contributed by atoms with Gasteiger partial charge in [-0.1, -0.05) is 0 Å². The minimum atomic E-state index is -0.412. The van der Waals surface area contributed by atoms with Crippen LogP contribution in [0.1, 0.15) is 25.7 Å². The molecule has 0 saturated heterocycles. The second-order valence-corrected chi connectivity index (χ2v) is 3.00. The highest BCUT2D eigenvalue weighted by molar-refractivity contribution is 5.00. The van der Waals surface area contributed by atoms with E-state index in [1.807, 2.05) is 0 Å². The van der Waals surface area contributed by atoms with Crippen LogP contribution in [0.4, 0.5) is 0 Å². The number of hydrogen-bond acceptors (Lipinski definition) is 0. The molecule has 0 spiro atoms. The first-order valence-corrected chi connectivity index (χ1v) is 2.99. The molecule has 3 aliphatic carbocycles. The average Bonchev–Trinajstić information content (AvgIpc) is 1.88. The molecule has 1 heteroatoms. The van der Waals surface area contributed by atoms with Gasteiger partial charge in [0.15, 0.2) is 0 Å². The van der Waals surface area contributed by atoms with Crippen LogP contribution in [0, 0.1) is 5.92 Å². The fourth-order valence-corrected chi connectivity index (χ4v) is 1.87. The monoisotopic (exact) mass is 97.1 g/mol. The third kappa shape index (κ3) is 0.367. The molecule has 39 valence electrons. The van der Waals surface area contributed by atoms with E-state index < -0.39 is 5.60 Å². The highest BCUT2D eigenvalue weighted by atomic mass is 16.3. The van der Waals surface area contributed by atoms with Gasteiger partial charge in [0.2, 0.25) is 0 Å². The zero-order chi connectivity index (χ0) is 4.91. The predicted molar refractivity (Wildman–Crippen MR) is 25.4 cm³/mol. The molecule has 7 heavy (non-hydrogen) atoms. The summed E-state index contributed by atoms with van der Waals surface area (Å²) in [5, 5.41) is 11.0. The second kappa shape index (κ2) is 0.873. The van der Waals surface area contributed by atoms with Crippen molar-refractivity contribution in [1.82, 2.24) is 0 Å². The van der Waals surface area contributed by atoms with Gasteiger partial charge < -0.3 is 0 Å². The molecule has 0 aromatic carbocycles. The maximum atomic E-state index is 11.0. The van der Waals surface area contributed by atoms with Crippen LogP contribution in [0.3, 0.4) is 0 Å². The second-order valence-electron chi connectivity index (χ2n) is 3.00. The Balaban J connectivity index is 2.20. The minimum Gasteiger partial charge on any atom is -0.229 e. The predicted octanol–water partition coefficient (Wildman–Crippen LogP) is 1.36. The van der Waals surface area contributed by atoms with E-state index in [9.17, 15) is 5.11 Å². The molecule has 3 rings (SSSR count). The van der Waals surface area contributed by atoms with Crippen molar-refractivity contribution < 1.29 is 5.11 Å². The molecule has 0 amide bonds. The first-order chi connectivity index (χ1) is 3.29. The average molecular weight is 97.1 g/mol. The van der Waals surface area contributed by atoms with Crippen LogP contribution < -0.4 is 0 Å². The van der Waals surface area contributed by atoms with Gasteiger partial charge in [-0.2, -0.15) is 0 Å². The van der Waals surface area contributed by atoms with Crippen LogP contribution in [0.25, 0.3) is 0 Å². The Morgan fingerprint density at radius 3 is 2.29 bits per heavy atom. The summed E-state index contributed by atoms with van der Waals surface area (Å²) in [5.41, 5.74) is -0.412. The van der Waals surface area contributed by atoms with Crippen molar-refractivity contribution in [2.24, 2.45) is 5.92 Å². The topological polar surface area (TPSA) is 19.9 Å². The lowest BCUT2D eigenvalue weighted by atomic mass is 9.80. The van der Waals surface area contributed by atoms with E-state index >= 15 is 0 Å². The highest BCUT2D eigenvalue weighted by Gasteiger charge is 2.50. The summed E-state index contributed by atoms with van der Waals surface area (Å²) in [6, 6.07) is 0. The van der Waals surface area contributed by atoms with E-state index in [2.05, 4.69) is 0 Å². The normalized spacial score (nSPS) is 57.0.